The van der Waals surface area contributed by atoms with E-state index in [9.17, 15) is 17.6 Å². The van der Waals surface area contributed by atoms with E-state index in [2.05, 4.69) is 4.98 Å². The Labute approximate surface area is 214 Å². The average Bonchev–Trinajstić information content (AvgIpc) is 3.33. The fourth-order valence-electron chi connectivity index (χ4n) is 4.50. The lowest BCUT2D eigenvalue weighted by molar-refractivity contribution is 0.0985. The summed E-state index contributed by atoms with van der Waals surface area (Å²) in [4.78, 5) is 19.8. The summed E-state index contributed by atoms with van der Waals surface area (Å²) in [7, 11) is -3.64. The zero-order chi connectivity index (χ0) is 25.3. The van der Waals surface area contributed by atoms with E-state index in [1.165, 1.54) is 46.6 Å². The van der Waals surface area contributed by atoms with Crippen LogP contribution < -0.4 is 4.90 Å². The molecule has 0 bridgehead atoms. The van der Waals surface area contributed by atoms with Crippen molar-refractivity contribution in [2.24, 2.45) is 0 Å². The molecule has 1 atom stereocenters. The second-order valence-electron chi connectivity index (χ2n) is 8.94. The van der Waals surface area contributed by atoms with Crippen molar-refractivity contribution in [3.8, 4) is 0 Å². The van der Waals surface area contributed by atoms with Crippen LogP contribution in [-0.2, 0) is 16.6 Å². The molecule has 0 saturated carbocycles. The molecular weight excluding hydrogens is 497 g/mol. The number of fused-ring (bicyclic) bond motifs is 1. The van der Waals surface area contributed by atoms with Gasteiger partial charge < -0.3 is 0 Å². The Hall–Kier alpha value is -3.14. The number of carbonyl (C=O) groups excluding carboxylic acids is 1. The van der Waals surface area contributed by atoms with Crippen LogP contribution >= 0.6 is 11.3 Å². The van der Waals surface area contributed by atoms with Crippen LogP contribution in [0.4, 0.5) is 9.52 Å². The monoisotopic (exact) mass is 523 g/mol. The van der Waals surface area contributed by atoms with Crippen molar-refractivity contribution in [3.05, 3.63) is 89.7 Å². The Morgan fingerprint density at radius 2 is 1.81 bits per heavy atom. The number of rotatable bonds is 6. The van der Waals surface area contributed by atoms with Crippen molar-refractivity contribution in [1.29, 1.82) is 0 Å². The van der Waals surface area contributed by atoms with Crippen molar-refractivity contribution >= 4 is 42.6 Å². The molecule has 0 radical (unpaired) electrons. The number of carbonyl (C=O) groups is 1. The van der Waals surface area contributed by atoms with Crippen LogP contribution in [0.1, 0.15) is 42.1 Å². The van der Waals surface area contributed by atoms with Gasteiger partial charge in [0.2, 0.25) is 10.0 Å². The van der Waals surface area contributed by atoms with E-state index in [-0.39, 0.29) is 28.9 Å². The van der Waals surface area contributed by atoms with E-state index >= 15 is 0 Å². The van der Waals surface area contributed by atoms with Gasteiger partial charge in [-0.15, -0.1) is 0 Å². The molecule has 0 aliphatic carbocycles. The summed E-state index contributed by atoms with van der Waals surface area (Å²) >= 11 is 1.24. The van der Waals surface area contributed by atoms with Crippen LogP contribution in [0.25, 0.3) is 10.2 Å². The van der Waals surface area contributed by atoms with Crippen LogP contribution in [0.5, 0.6) is 0 Å². The van der Waals surface area contributed by atoms with E-state index in [1.54, 1.807) is 16.4 Å². The van der Waals surface area contributed by atoms with E-state index in [0.29, 0.717) is 21.9 Å². The lowest BCUT2D eigenvalue weighted by Gasteiger charge is -2.32. The summed E-state index contributed by atoms with van der Waals surface area (Å²) in [6.07, 6.45) is 2.71. The standard InChI is InChI=1S/C27H26FN3O3S2/c1-19-8-5-6-17-31(19)36(33,34)22-15-13-21(14-16-22)26(32)30(18-20-9-3-2-4-10-20)27-29-25-23(28)11-7-12-24(25)35-27/h2-4,7,9-16,19H,5-6,8,17-18H2,1H3. The van der Waals surface area contributed by atoms with Gasteiger partial charge in [0.05, 0.1) is 16.1 Å². The molecule has 6 nitrogen and oxygen atoms in total. The SMILES string of the molecule is CC1CCCCN1S(=O)(=O)c1ccc(C(=O)N(Cc2ccccc2)c2nc3c(F)cccc3s2)cc1. The van der Waals surface area contributed by atoms with Gasteiger partial charge in [-0.25, -0.2) is 17.8 Å². The highest BCUT2D eigenvalue weighted by Crippen LogP contribution is 2.32. The van der Waals surface area contributed by atoms with Crippen LogP contribution in [0.15, 0.2) is 77.7 Å². The maximum absolute atomic E-state index is 14.3. The van der Waals surface area contributed by atoms with Crippen LogP contribution in [0.2, 0.25) is 0 Å². The Morgan fingerprint density at radius 3 is 2.50 bits per heavy atom. The summed E-state index contributed by atoms with van der Waals surface area (Å²) in [6.45, 7) is 2.67. The highest BCUT2D eigenvalue weighted by Gasteiger charge is 2.31. The second kappa shape index (κ2) is 10.1. The lowest BCUT2D eigenvalue weighted by Crippen LogP contribution is -2.41. The maximum Gasteiger partial charge on any atom is 0.260 e. The molecule has 186 valence electrons. The number of hydrogen-bond donors (Lipinski definition) is 0. The van der Waals surface area contributed by atoms with Crippen molar-refractivity contribution in [2.75, 3.05) is 11.4 Å². The predicted molar refractivity (Wildman–Crippen MR) is 140 cm³/mol. The van der Waals surface area contributed by atoms with E-state index in [1.807, 2.05) is 37.3 Å². The summed E-state index contributed by atoms with van der Waals surface area (Å²) in [5.41, 5.74) is 1.45. The number of hydrogen-bond acceptors (Lipinski definition) is 5. The van der Waals surface area contributed by atoms with Crippen LogP contribution in [0, 0.1) is 5.82 Å². The lowest BCUT2D eigenvalue weighted by atomic mass is 10.1. The average molecular weight is 524 g/mol. The minimum absolute atomic E-state index is 0.0501. The molecule has 0 N–H and O–H groups in total. The largest absolute Gasteiger partial charge is 0.279 e. The van der Waals surface area contributed by atoms with Crippen molar-refractivity contribution < 1.29 is 17.6 Å². The van der Waals surface area contributed by atoms with Crippen LogP contribution in [-0.4, -0.2) is 36.2 Å². The fraction of sp³-hybridized carbons (Fsp3) is 0.259. The topological polar surface area (TPSA) is 70.6 Å². The molecule has 1 saturated heterocycles. The molecule has 1 aliphatic heterocycles. The molecule has 0 spiro atoms. The number of amides is 1. The van der Waals surface area contributed by atoms with Crippen LogP contribution in [0.3, 0.4) is 0 Å². The highest BCUT2D eigenvalue weighted by molar-refractivity contribution is 7.89. The van der Waals surface area contributed by atoms with Crippen molar-refractivity contribution in [3.63, 3.8) is 0 Å². The predicted octanol–water partition coefficient (Wildman–Crippen LogP) is 5.85. The number of halogens is 1. The Morgan fingerprint density at radius 1 is 1.06 bits per heavy atom. The van der Waals surface area contributed by atoms with Gasteiger partial charge in [-0.1, -0.05) is 54.2 Å². The molecule has 2 heterocycles. The van der Waals surface area contributed by atoms with Gasteiger partial charge in [-0.05, 0) is 61.7 Å². The Bertz CT molecular complexity index is 1490. The van der Waals surface area contributed by atoms with E-state index in [4.69, 9.17) is 0 Å². The molecule has 3 aromatic carbocycles. The number of anilines is 1. The number of piperidine rings is 1. The molecule has 9 heteroatoms. The first kappa shape index (κ1) is 24.5. The van der Waals surface area contributed by atoms with Gasteiger partial charge in [0.25, 0.3) is 5.91 Å². The summed E-state index contributed by atoms with van der Waals surface area (Å²) in [5.74, 6) is -0.780. The van der Waals surface area contributed by atoms with Gasteiger partial charge in [-0.3, -0.25) is 9.69 Å². The van der Waals surface area contributed by atoms with E-state index < -0.39 is 15.8 Å². The number of aromatic nitrogens is 1. The zero-order valence-electron chi connectivity index (χ0n) is 19.8. The number of para-hydroxylation sites is 1. The van der Waals surface area contributed by atoms with Crippen molar-refractivity contribution in [1.82, 2.24) is 9.29 Å². The fourth-order valence-corrected chi connectivity index (χ4v) is 7.18. The highest BCUT2D eigenvalue weighted by atomic mass is 32.2. The molecule has 36 heavy (non-hydrogen) atoms. The molecule has 1 aliphatic rings. The third-order valence-electron chi connectivity index (χ3n) is 6.47. The first-order valence-electron chi connectivity index (χ1n) is 11.9. The first-order chi connectivity index (χ1) is 17.3. The summed E-state index contributed by atoms with van der Waals surface area (Å²) in [5, 5.41) is 0.378. The minimum Gasteiger partial charge on any atom is -0.279 e. The zero-order valence-corrected chi connectivity index (χ0v) is 21.4. The van der Waals surface area contributed by atoms with Gasteiger partial charge in [0.15, 0.2) is 5.13 Å². The van der Waals surface area contributed by atoms with Gasteiger partial charge in [-0.2, -0.15) is 4.31 Å². The smallest absolute Gasteiger partial charge is 0.260 e. The number of thiazole rings is 1. The van der Waals surface area contributed by atoms with Gasteiger partial charge in [0.1, 0.15) is 11.3 Å². The molecule has 1 aromatic heterocycles. The molecule has 5 rings (SSSR count). The molecule has 1 unspecified atom stereocenters. The molecular formula is C27H26FN3O3S2. The third-order valence-corrected chi connectivity index (χ3v) is 9.54. The molecule has 1 fully saturated rings. The molecule has 4 aromatic rings. The third kappa shape index (κ3) is 4.78. The van der Waals surface area contributed by atoms with Crippen molar-refractivity contribution in [2.45, 2.75) is 43.7 Å². The summed E-state index contributed by atoms with van der Waals surface area (Å²) in [6, 6.07) is 20.2. The van der Waals surface area contributed by atoms with Gasteiger partial charge in [0, 0.05) is 18.2 Å². The minimum atomic E-state index is -3.64. The van der Waals surface area contributed by atoms with Gasteiger partial charge >= 0.3 is 0 Å². The normalized spacial score (nSPS) is 16.8. The Kier molecular flexibility index (Phi) is 6.87. The van der Waals surface area contributed by atoms with E-state index in [0.717, 1.165) is 24.8 Å². The Balaban J connectivity index is 1.48. The number of benzene rings is 3. The number of sulfonamides is 1. The first-order valence-corrected chi connectivity index (χ1v) is 14.1. The molecule has 1 amide bonds. The second-order valence-corrected chi connectivity index (χ2v) is 11.8. The number of nitrogens with zero attached hydrogens (tertiary/aromatic N) is 3. The maximum atomic E-state index is 14.3. The quantitative estimate of drug-likeness (QED) is 0.318. The summed E-state index contributed by atoms with van der Waals surface area (Å²) < 4.78 is 42.9.